The van der Waals surface area contributed by atoms with Crippen molar-refractivity contribution in [2.24, 2.45) is 16.7 Å². The summed E-state index contributed by atoms with van der Waals surface area (Å²) >= 11 is 0. The van der Waals surface area contributed by atoms with Gasteiger partial charge in [-0.25, -0.2) is 0 Å². The maximum atomic E-state index is 11.5. The Morgan fingerprint density at radius 1 is 0.875 bits per heavy atom. The summed E-state index contributed by atoms with van der Waals surface area (Å²) in [6.45, 7) is 15.7. The average molecular weight is 671 g/mol. The topological polar surface area (TPSA) is 54.4 Å². The number of rotatable bonds is 7. The molecule has 0 saturated carbocycles. The van der Waals surface area contributed by atoms with E-state index in [9.17, 15) is 9.59 Å². The van der Waals surface area contributed by atoms with Crippen LogP contribution in [0.1, 0.15) is 87.5 Å². The molecule has 0 radical (unpaired) electrons. The van der Waals surface area contributed by atoms with E-state index in [1.165, 1.54) is 19.3 Å². The Kier molecular flexibility index (Phi) is 22.1. The zero-order valence-electron chi connectivity index (χ0n) is 17.1. The smallest absolute Gasteiger partial charge is 0.145 e. The summed E-state index contributed by atoms with van der Waals surface area (Å²) in [4.78, 5) is 23.0. The Morgan fingerprint density at radius 2 is 1.25 bits per heavy atom. The minimum Gasteiger partial charge on any atom is -0.396 e. The van der Waals surface area contributed by atoms with Crippen molar-refractivity contribution in [2.75, 3.05) is 6.61 Å². The van der Waals surface area contributed by atoms with Gasteiger partial charge in [-0.05, 0) is 12.3 Å². The SMILES string of the molecule is CC(C)(C)C(=O)CC(=O)C(C)(C)C.CCCCC(CC)CO.[Hf].[Hf]. The van der Waals surface area contributed by atoms with E-state index < -0.39 is 10.8 Å². The van der Waals surface area contributed by atoms with Crippen molar-refractivity contribution in [3.63, 3.8) is 0 Å². The number of Topliss-reactive ketones (excluding diaryl/α,β-unsaturated/α-hetero) is 2. The number of hydrogen-bond donors (Lipinski definition) is 1. The second-order valence-electron chi connectivity index (χ2n) is 8.12. The molecule has 0 rings (SSSR count). The van der Waals surface area contributed by atoms with Gasteiger partial charge in [-0.3, -0.25) is 9.59 Å². The summed E-state index contributed by atoms with van der Waals surface area (Å²) in [5, 5.41) is 8.75. The third-order valence-corrected chi connectivity index (χ3v) is 3.80. The molecule has 140 valence electrons. The molecule has 0 aromatic carbocycles. The molecular weight excluding hydrogens is 633 g/mol. The summed E-state index contributed by atoms with van der Waals surface area (Å²) in [6, 6.07) is 0. The zero-order chi connectivity index (χ0) is 18.0. The summed E-state index contributed by atoms with van der Waals surface area (Å²) in [6.07, 6.45) is 4.89. The molecule has 0 aromatic rings. The first-order chi connectivity index (χ1) is 9.89. The van der Waals surface area contributed by atoms with Crippen molar-refractivity contribution in [1.29, 1.82) is 0 Å². The van der Waals surface area contributed by atoms with Crippen LogP contribution in [0, 0.1) is 16.7 Å². The van der Waals surface area contributed by atoms with E-state index in [1.807, 2.05) is 41.5 Å². The Balaban J connectivity index is -0.000000162. The van der Waals surface area contributed by atoms with Gasteiger partial charge >= 0.3 is 0 Å². The Hall–Kier alpha value is 1.04. The number of aliphatic hydroxyl groups is 1. The molecule has 0 aliphatic rings. The molecule has 1 unspecified atom stereocenters. The number of ketones is 2. The Bertz CT molecular complexity index is 300. The molecule has 0 saturated heterocycles. The number of unbranched alkanes of at least 4 members (excludes halogenated alkanes) is 1. The van der Waals surface area contributed by atoms with Crippen LogP contribution in [-0.4, -0.2) is 23.3 Å². The molecule has 0 amide bonds. The van der Waals surface area contributed by atoms with E-state index in [0.717, 1.165) is 6.42 Å². The summed E-state index contributed by atoms with van der Waals surface area (Å²) in [7, 11) is 0. The van der Waals surface area contributed by atoms with Crippen LogP contribution in [0.4, 0.5) is 0 Å². The van der Waals surface area contributed by atoms with Crippen molar-refractivity contribution >= 4 is 11.6 Å². The van der Waals surface area contributed by atoms with E-state index in [-0.39, 0.29) is 69.7 Å². The van der Waals surface area contributed by atoms with Crippen molar-refractivity contribution in [1.82, 2.24) is 0 Å². The van der Waals surface area contributed by atoms with Gasteiger partial charge < -0.3 is 5.11 Å². The quantitative estimate of drug-likeness (QED) is 0.313. The van der Waals surface area contributed by atoms with Gasteiger partial charge in [-0.15, -0.1) is 0 Å². The second-order valence-corrected chi connectivity index (χ2v) is 8.12. The molecule has 0 bridgehead atoms. The maximum absolute atomic E-state index is 11.5. The van der Waals surface area contributed by atoms with Crippen molar-refractivity contribution in [2.45, 2.75) is 87.5 Å². The maximum Gasteiger partial charge on any atom is 0.145 e. The van der Waals surface area contributed by atoms with Crippen LogP contribution in [0.25, 0.3) is 0 Å². The summed E-state index contributed by atoms with van der Waals surface area (Å²) in [5.74, 6) is 0.602. The zero-order valence-corrected chi connectivity index (χ0v) is 24.3. The molecular formula is C19H38Hf2O3. The van der Waals surface area contributed by atoms with Crippen LogP contribution < -0.4 is 0 Å². The molecule has 0 heterocycles. The predicted molar refractivity (Wildman–Crippen MR) is 93.9 cm³/mol. The van der Waals surface area contributed by atoms with Gasteiger partial charge in [0.05, 0.1) is 6.42 Å². The number of carbonyl (C=O) groups excluding carboxylic acids is 2. The van der Waals surface area contributed by atoms with Crippen LogP contribution >= 0.6 is 0 Å². The van der Waals surface area contributed by atoms with Crippen LogP contribution in [0.5, 0.6) is 0 Å². The molecule has 5 heteroatoms. The molecule has 3 nitrogen and oxygen atoms in total. The molecule has 0 aliphatic heterocycles. The fourth-order valence-corrected chi connectivity index (χ4v) is 1.59. The van der Waals surface area contributed by atoms with Gasteiger partial charge in [0.15, 0.2) is 0 Å². The number of aliphatic hydroxyl groups excluding tert-OH is 1. The van der Waals surface area contributed by atoms with Gasteiger partial charge in [0.2, 0.25) is 0 Å². The van der Waals surface area contributed by atoms with Crippen molar-refractivity contribution in [3.05, 3.63) is 0 Å². The fourth-order valence-electron chi connectivity index (χ4n) is 1.59. The molecule has 0 fully saturated rings. The third-order valence-electron chi connectivity index (χ3n) is 3.80. The van der Waals surface area contributed by atoms with Gasteiger partial charge in [0, 0.05) is 69.1 Å². The van der Waals surface area contributed by atoms with E-state index >= 15 is 0 Å². The first-order valence-corrected chi connectivity index (χ1v) is 8.57. The predicted octanol–water partition coefficient (Wildman–Crippen LogP) is 4.80. The van der Waals surface area contributed by atoms with Gasteiger partial charge in [0.1, 0.15) is 11.6 Å². The second kappa shape index (κ2) is 16.2. The molecule has 1 N–H and O–H groups in total. The van der Waals surface area contributed by atoms with Crippen LogP contribution in [0.15, 0.2) is 0 Å². The molecule has 24 heavy (non-hydrogen) atoms. The molecule has 0 spiro atoms. The minimum absolute atomic E-state index is 0. The van der Waals surface area contributed by atoms with Crippen LogP contribution in [0.3, 0.4) is 0 Å². The monoisotopic (exact) mass is 674 g/mol. The van der Waals surface area contributed by atoms with Crippen LogP contribution in [-0.2, 0) is 61.3 Å². The third kappa shape index (κ3) is 17.9. The standard InChI is InChI=1S/C11H20O2.C8H18O.2Hf/c1-10(2,3)8(12)7-9(13)11(4,5)6;1-3-5-6-8(4-2)7-9;;/h7H2,1-6H3;8-9H,3-7H2,1-2H3;;. The summed E-state index contributed by atoms with van der Waals surface area (Å²) < 4.78 is 0. The Morgan fingerprint density at radius 3 is 1.46 bits per heavy atom. The minimum atomic E-state index is -0.402. The normalized spacial score (nSPS) is 12.0. The summed E-state index contributed by atoms with van der Waals surface area (Å²) in [5.41, 5.74) is -0.804. The molecule has 1 atom stereocenters. The van der Waals surface area contributed by atoms with E-state index in [0.29, 0.717) is 12.5 Å². The van der Waals surface area contributed by atoms with E-state index in [4.69, 9.17) is 5.11 Å². The largest absolute Gasteiger partial charge is 0.396 e. The van der Waals surface area contributed by atoms with Crippen LogP contribution in [0.2, 0.25) is 0 Å². The van der Waals surface area contributed by atoms with Gasteiger partial charge in [-0.1, -0.05) is 74.7 Å². The van der Waals surface area contributed by atoms with E-state index in [1.54, 1.807) is 0 Å². The van der Waals surface area contributed by atoms with Crippen molar-refractivity contribution in [3.8, 4) is 0 Å². The average Bonchev–Trinajstić information content (AvgIpc) is 2.38. The fraction of sp³-hybridized carbons (Fsp3) is 0.895. The Labute approximate surface area is 187 Å². The molecule has 0 aliphatic carbocycles. The van der Waals surface area contributed by atoms with Gasteiger partial charge in [0.25, 0.3) is 0 Å². The van der Waals surface area contributed by atoms with Crippen molar-refractivity contribution < 1.29 is 66.4 Å². The van der Waals surface area contributed by atoms with E-state index in [2.05, 4.69) is 13.8 Å². The number of hydrogen-bond acceptors (Lipinski definition) is 3. The first kappa shape index (κ1) is 32.7. The first-order valence-electron chi connectivity index (χ1n) is 8.57. The van der Waals surface area contributed by atoms with Gasteiger partial charge in [-0.2, -0.15) is 0 Å². The molecule has 0 aromatic heterocycles. The number of carbonyl (C=O) groups is 2.